The molecule has 0 bridgehead atoms. The van der Waals surface area contributed by atoms with Gasteiger partial charge in [-0.05, 0) is 62.2 Å². The predicted molar refractivity (Wildman–Crippen MR) is 135 cm³/mol. The smallest absolute Gasteiger partial charge is 0.252 e. The number of carbonyl (C=O) groups excluding carboxylic acids is 1. The SMILES string of the molecule is Cc1cnc(Nc2ccc(C(=O)NCNC3CCOCC3)cc2)nc1Nc1ccc2cn[nH]c2c1. The first-order valence-electron chi connectivity index (χ1n) is 11.6. The molecule has 1 fully saturated rings. The van der Waals surface area contributed by atoms with Gasteiger partial charge in [0.25, 0.3) is 5.91 Å². The average Bonchev–Trinajstić information content (AvgIpc) is 3.35. The van der Waals surface area contributed by atoms with Crippen molar-refractivity contribution in [2.75, 3.05) is 30.5 Å². The van der Waals surface area contributed by atoms with Crippen molar-refractivity contribution in [2.45, 2.75) is 25.8 Å². The molecule has 5 N–H and O–H groups in total. The number of carbonyl (C=O) groups is 1. The molecule has 1 aliphatic rings. The third-order valence-corrected chi connectivity index (χ3v) is 5.94. The van der Waals surface area contributed by atoms with Crippen molar-refractivity contribution >= 4 is 40.0 Å². The van der Waals surface area contributed by atoms with E-state index in [9.17, 15) is 4.79 Å². The summed E-state index contributed by atoms with van der Waals surface area (Å²) in [6, 6.07) is 13.6. The van der Waals surface area contributed by atoms with Gasteiger partial charge in [0.2, 0.25) is 5.95 Å². The molecule has 0 atom stereocenters. The topological polar surface area (TPSA) is 129 Å². The molecule has 35 heavy (non-hydrogen) atoms. The summed E-state index contributed by atoms with van der Waals surface area (Å²) in [5.41, 5.74) is 4.14. The van der Waals surface area contributed by atoms with E-state index >= 15 is 0 Å². The normalized spacial score (nSPS) is 14.1. The zero-order chi connectivity index (χ0) is 24.0. The lowest BCUT2D eigenvalue weighted by atomic mass is 10.1. The molecular formula is C25H28N8O2. The Morgan fingerprint density at radius 1 is 1.06 bits per heavy atom. The van der Waals surface area contributed by atoms with Crippen LogP contribution in [0, 0.1) is 6.92 Å². The van der Waals surface area contributed by atoms with Gasteiger partial charge in [0.05, 0.1) is 18.4 Å². The first kappa shape index (κ1) is 22.8. The Balaban J connectivity index is 1.18. The fourth-order valence-electron chi connectivity index (χ4n) is 3.89. The van der Waals surface area contributed by atoms with E-state index in [-0.39, 0.29) is 5.91 Å². The highest BCUT2D eigenvalue weighted by molar-refractivity contribution is 5.94. The number of fused-ring (bicyclic) bond motifs is 1. The van der Waals surface area contributed by atoms with Gasteiger partial charge < -0.3 is 20.7 Å². The maximum atomic E-state index is 12.4. The Kier molecular flexibility index (Phi) is 6.82. The number of H-pyrrole nitrogens is 1. The first-order chi connectivity index (χ1) is 17.1. The van der Waals surface area contributed by atoms with Crippen molar-refractivity contribution in [1.82, 2.24) is 30.8 Å². The standard InChI is InChI=1S/C25H28N8O2/c1-16-13-26-25(32-23(16)30-21-7-4-18-14-29-33-22(18)12-21)31-20-5-2-17(3-6-20)24(34)28-15-27-19-8-10-35-11-9-19/h2-7,12-14,19,27H,8-11,15H2,1H3,(H,28,34)(H,29,33)(H2,26,30,31,32). The van der Waals surface area contributed by atoms with Crippen molar-refractivity contribution in [1.29, 1.82) is 0 Å². The maximum absolute atomic E-state index is 12.4. The van der Waals surface area contributed by atoms with Crippen molar-refractivity contribution < 1.29 is 9.53 Å². The van der Waals surface area contributed by atoms with Gasteiger partial charge in [-0.1, -0.05) is 0 Å². The van der Waals surface area contributed by atoms with E-state index in [1.165, 1.54) is 0 Å². The second-order valence-electron chi connectivity index (χ2n) is 8.50. The number of aryl methyl sites for hydroxylation is 1. The molecule has 0 spiro atoms. The van der Waals surface area contributed by atoms with Crippen LogP contribution in [0.4, 0.5) is 23.1 Å². The highest BCUT2D eigenvalue weighted by atomic mass is 16.5. The quantitative estimate of drug-likeness (QED) is 0.246. The number of ether oxygens (including phenoxy) is 1. The van der Waals surface area contributed by atoms with Crippen molar-refractivity contribution in [3.05, 3.63) is 66.0 Å². The van der Waals surface area contributed by atoms with Crippen LogP contribution in [-0.2, 0) is 4.74 Å². The highest BCUT2D eigenvalue weighted by Gasteiger charge is 2.13. The van der Waals surface area contributed by atoms with E-state index < -0.39 is 0 Å². The van der Waals surface area contributed by atoms with E-state index in [2.05, 4.69) is 41.4 Å². The summed E-state index contributed by atoms with van der Waals surface area (Å²) in [6.45, 7) is 3.92. The van der Waals surface area contributed by atoms with Gasteiger partial charge in [-0.25, -0.2) is 4.98 Å². The minimum atomic E-state index is -0.122. The van der Waals surface area contributed by atoms with E-state index in [1.807, 2.05) is 37.3 Å². The van der Waals surface area contributed by atoms with Crippen molar-refractivity contribution in [3.8, 4) is 0 Å². The van der Waals surface area contributed by atoms with Crippen LogP contribution in [0.3, 0.4) is 0 Å². The van der Waals surface area contributed by atoms with E-state index in [1.54, 1.807) is 24.5 Å². The summed E-state index contributed by atoms with van der Waals surface area (Å²) < 4.78 is 5.35. The van der Waals surface area contributed by atoms with E-state index in [0.717, 1.165) is 53.9 Å². The highest BCUT2D eigenvalue weighted by Crippen LogP contribution is 2.23. The Bertz CT molecular complexity index is 1300. The molecule has 2 aromatic heterocycles. The third-order valence-electron chi connectivity index (χ3n) is 5.94. The minimum Gasteiger partial charge on any atom is -0.381 e. The third kappa shape index (κ3) is 5.73. The van der Waals surface area contributed by atoms with Gasteiger partial charge in [-0.2, -0.15) is 10.1 Å². The van der Waals surface area contributed by atoms with E-state index in [4.69, 9.17) is 4.74 Å². The van der Waals surface area contributed by atoms with Gasteiger partial charge in [0, 0.05) is 53.3 Å². The molecule has 1 saturated heterocycles. The Morgan fingerprint density at radius 2 is 1.86 bits per heavy atom. The molecule has 4 aromatic rings. The number of aromatic nitrogens is 4. The van der Waals surface area contributed by atoms with E-state index in [0.29, 0.717) is 30.0 Å². The maximum Gasteiger partial charge on any atom is 0.252 e. The number of hydrogen-bond donors (Lipinski definition) is 5. The van der Waals surface area contributed by atoms with Crippen LogP contribution in [0.2, 0.25) is 0 Å². The molecule has 10 heteroatoms. The molecule has 10 nitrogen and oxygen atoms in total. The molecule has 5 rings (SSSR count). The molecule has 2 aromatic carbocycles. The summed E-state index contributed by atoms with van der Waals surface area (Å²) in [5.74, 6) is 1.04. The average molecular weight is 473 g/mol. The molecule has 1 aliphatic heterocycles. The number of benzene rings is 2. The summed E-state index contributed by atoms with van der Waals surface area (Å²) in [7, 11) is 0. The van der Waals surface area contributed by atoms with Crippen molar-refractivity contribution in [3.63, 3.8) is 0 Å². The molecule has 180 valence electrons. The number of amides is 1. The van der Waals surface area contributed by atoms with Crippen LogP contribution in [0.1, 0.15) is 28.8 Å². The fourth-order valence-corrected chi connectivity index (χ4v) is 3.89. The van der Waals surface area contributed by atoms with Gasteiger partial charge in [0.15, 0.2) is 0 Å². The molecule has 0 unspecified atom stereocenters. The lowest BCUT2D eigenvalue weighted by molar-refractivity contribution is 0.0765. The fraction of sp³-hybridized carbons (Fsp3) is 0.280. The first-order valence-corrected chi connectivity index (χ1v) is 11.6. The second-order valence-corrected chi connectivity index (χ2v) is 8.50. The summed E-state index contributed by atoms with van der Waals surface area (Å²) >= 11 is 0. The van der Waals surface area contributed by atoms with Gasteiger partial charge >= 0.3 is 0 Å². The van der Waals surface area contributed by atoms with Crippen LogP contribution in [0.25, 0.3) is 10.9 Å². The summed E-state index contributed by atoms with van der Waals surface area (Å²) in [6.07, 6.45) is 5.48. The summed E-state index contributed by atoms with van der Waals surface area (Å²) in [4.78, 5) is 21.4. The Morgan fingerprint density at radius 3 is 2.69 bits per heavy atom. The zero-order valence-corrected chi connectivity index (χ0v) is 19.5. The van der Waals surface area contributed by atoms with Crippen LogP contribution in [0.5, 0.6) is 0 Å². The van der Waals surface area contributed by atoms with Crippen LogP contribution in [0.15, 0.2) is 54.9 Å². The lowest BCUT2D eigenvalue weighted by Crippen LogP contribution is -2.42. The predicted octanol–water partition coefficient (Wildman–Crippen LogP) is 3.60. The number of aromatic amines is 1. The zero-order valence-electron chi connectivity index (χ0n) is 19.5. The van der Waals surface area contributed by atoms with Gasteiger partial charge in [-0.3, -0.25) is 15.2 Å². The van der Waals surface area contributed by atoms with Crippen molar-refractivity contribution in [2.24, 2.45) is 0 Å². The number of nitrogens with zero attached hydrogens (tertiary/aromatic N) is 3. The second kappa shape index (κ2) is 10.5. The molecular weight excluding hydrogens is 444 g/mol. The molecule has 3 heterocycles. The van der Waals surface area contributed by atoms with Crippen LogP contribution in [-0.4, -0.2) is 52.0 Å². The molecule has 1 amide bonds. The molecule has 0 radical (unpaired) electrons. The minimum absolute atomic E-state index is 0.122. The largest absolute Gasteiger partial charge is 0.381 e. The van der Waals surface area contributed by atoms with Crippen LogP contribution >= 0.6 is 0 Å². The Hall–Kier alpha value is -4.02. The molecule has 0 saturated carbocycles. The number of rotatable bonds is 8. The number of hydrogen-bond acceptors (Lipinski definition) is 8. The monoisotopic (exact) mass is 472 g/mol. The van der Waals surface area contributed by atoms with Gasteiger partial charge in [-0.15, -0.1) is 0 Å². The van der Waals surface area contributed by atoms with Gasteiger partial charge in [0.1, 0.15) is 5.82 Å². The number of nitrogens with one attached hydrogen (secondary N) is 5. The lowest BCUT2D eigenvalue weighted by Gasteiger charge is -2.23. The summed E-state index contributed by atoms with van der Waals surface area (Å²) in [5, 5.41) is 20.9. The van der Waals surface area contributed by atoms with Crippen LogP contribution < -0.4 is 21.3 Å². The number of anilines is 4. The molecule has 0 aliphatic carbocycles. The Labute approximate surface area is 202 Å².